The molecule has 2 heterocycles. The van der Waals surface area contributed by atoms with Gasteiger partial charge in [0.25, 0.3) is 5.91 Å². The van der Waals surface area contributed by atoms with E-state index in [0.29, 0.717) is 28.0 Å². The number of aryl methyl sites for hydroxylation is 1. The van der Waals surface area contributed by atoms with Crippen molar-refractivity contribution in [2.24, 2.45) is 0 Å². The van der Waals surface area contributed by atoms with Crippen LogP contribution in [0.1, 0.15) is 27.7 Å². The lowest BCUT2D eigenvalue weighted by atomic mass is 10.3. The van der Waals surface area contributed by atoms with Crippen molar-refractivity contribution in [1.82, 2.24) is 9.78 Å². The lowest BCUT2D eigenvalue weighted by molar-refractivity contribution is 0.0994. The van der Waals surface area contributed by atoms with Gasteiger partial charge in [-0.1, -0.05) is 23.2 Å². The third-order valence-electron chi connectivity index (χ3n) is 3.60. The lowest BCUT2D eigenvalue weighted by Gasteiger charge is -2.05. The Morgan fingerprint density at radius 1 is 1.24 bits per heavy atom. The highest BCUT2D eigenvalue weighted by atomic mass is 79.9. The summed E-state index contributed by atoms with van der Waals surface area (Å²) in [4.78, 5) is 12.3. The van der Waals surface area contributed by atoms with Crippen LogP contribution in [-0.2, 0) is 6.54 Å². The van der Waals surface area contributed by atoms with E-state index in [0.717, 1.165) is 15.9 Å². The second-order valence-corrected chi connectivity index (χ2v) is 7.19. The number of aromatic nitrogens is 2. The molecule has 0 spiro atoms. The molecule has 25 heavy (non-hydrogen) atoms. The summed E-state index contributed by atoms with van der Waals surface area (Å²) in [6, 6.07) is 8.20. The molecule has 0 aliphatic carbocycles. The topological polar surface area (TPSA) is 60.1 Å². The molecule has 0 fully saturated rings. The average molecular weight is 443 g/mol. The Kier molecular flexibility index (Phi) is 5.22. The first-order chi connectivity index (χ1) is 11.8. The van der Waals surface area contributed by atoms with Crippen LogP contribution in [0.3, 0.4) is 0 Å². The van der Waals surface area contributed by atoms with Gasteiger partial charge in [0.2, 0.25) is 0 Å². The number of carbonyl (C=O) groups excluding carboxylic acids is 1. The molecule has 0 aliphatic heterocycles. The molecule has 130 valence electrons. The van der Waals surface area contributed by atoms with E-state index in [1.807, 2.05) is 18.5 Å². The first-order valence-electron chi connectivity index (χ1n) is 7.39. The number of nitrogens with one attached hydrogen (secondary N) is 1. The maximum Gasteiger partial charge on any atom is 0.291 e. The van der Waals surface area contributed by atoms with E-state index in [1.54, 1.807) is 30.3 Å². The van der Waals surface area contributed by atoms with E-state index in [1.165, 1.54) is 0 Å². The van der Waals surface area contributed by atoms with Crippen LogP contribution in [0.15, 0.2) is 39.2 Å². The maximum atomic E-state index is 12.3. The molecule has 3 aromatic rings. The fraction of sp³-hybridized carbons (Fsp3) is 0.176. The number of hydrogen-bond acceptors (Lipinski definition) is 3. The quantitative estimate of drug-likeness (QED) is 0.583. The van der Waals surface area contributed by atoms with Gasteiger partial charge >= 0.3 is 0 Å². The zero-order valence-electron chi connectivity index (χ0n) is 13.4. The number of amides is 1. The highest BCUT2D eigenvalue weighted by Crippen LogP contribution is 2.24. The summed E-state index contributed by atoms with van der Waals surface area (Å²) < 4.78 is 8.42. The summed E-state index contributed by atoms with van der Waals surface area (Å²) in [5, 5.41) is 8.02. The molecule has 5 nitrogen and oxygen atoms in total. The van der Waals surface area contributed by atoms with Gasteiger partial charge in [0.15, 0.2) is 5.76 Å². The van der Waals surface area contributed by atoms with Crippen LogP contribution in [0.25, 0.3) is 0 Å². The summed E-state index contributed by atoms with van der Waals surface area (Å²) in [5.41, 5.74) is 2.40. The third kappa shape index (κ3) is 4.08. The first kappa shape index (κ1) is 18.0. The van der Waals surface area contributed by atoms with E-state index in [4.69, 9.17) is 27.6 Å². The Morgan fingerprint density at radius 2 is 1.92 bits per heavy atom. The fourth-order valence-electron chi connectivity index (χ4n) is 2.38. The summed E-state index contributed by atoms with van der Waals surface area (Å²) in [6.45, 7) is 4.32. The number of carbonyl (C=O) groups is 1. The van der Waals surface area contributed by atoms with Gasteiger partial charge in [-0.05, 0) is 60.1 Å². The Hall–Kier alpha value is -1.76. The molecule has 0 saturated heterocycles. The molecule has 0 radical (unpaired) electrons. The normalized spacial score (nSPS) is 10.9. The number of benzene rings is 1. The van der Waals surface area contributed by atoms with Gasteiger partial charge in [-0.15, -0.1) is 0 Å². The number of hydrogen-bond donors (Lipinski definition) is 1. The molecular formula is C17H14BrCl2N3O2. The molecule has 1 aromatic carbocycles. The Labute approximate surface area is 163 Å². The largest absolute Gasteiger partial charge is 0.454 e. The van der Waals surface area contributed by atoms with Crippen molar-refractivity contribution >= 4 is 50.7 Å². The fourth-order valence-corrected chi connectivity index (χ4v) is 3.19. The molecule has 2 aromatic heterocycles. The second-order valence-electron chi connectivity index (χ2n) is 5.52. The van der Waals surface area contributed by atoms with Gasteiger partial charge in [-0.2, -0.15) is 5.10 Å². The van der Waals surface area contributed by atoms with Crippen molar-refractivity contribution in [2.75, 3.05) is 5.32 Å². The summed E-state index contributed by atoms with van der Waals surface area (Å²) in [5.74, 6) is 0.457. The van der Waals surface area contributed by atoms with Crippen LogP contribution in [0.5, 0.6) is 0 Å². The molecule has 8 heteroatoms. The minimum absolute atomic E-state index is 0.201. The number of nitrogens with zero attached hydrogens (tertiary/aromatic N) is 2. The predicted octanol–water partition coefficient (Wildman–Crippen LogP) is 5.46. The monoisotopic (exact) mass is 441 g/mol. The van der Waals surface area contributed by atoms with Crippen LogP contribution in [0.2, 0.25) is 10.0 Å². The first-order valence-corrected chi connectivity index (χ1v) is 8.94. The number of anilines is 1. The Balaban J connectivity index is 1.74. The van der Waals surface area contributed by atoms with Crippen molar-refractivity contribution in [3.8, 4) is 0 Å². The maximum absolute atomic E-state index is 12.3. The molecule has 0 saturated carbocycles. The van der Waals surface area contributed by atoms with Gasteiger partial charge in [-0.3, -0.25) is 9.48 Å². The highest BCUT2D eigenvalue weighted by Gasteiger charge is 2.14. The Morgan fingerprint density at radius 3 is 2.52 bits per heavy atom. The van der Waals surface area contributed by atoms with Crippen LogP contribution in [0, 0.1) is 13.8 Å². The minimum atomic E-state index is -0.376. The molecule has 1 amide bonds. The minimum Gasteiger partial charge on any atom is -0.454 e. The van der Waals surface area contributed by atoms with Gasteiger partial charge in [0, 0.05) is 15.7 Å². The van der Waals surface area contributed by atoms with E-state index < -0.39 is 0 Å². The van der Waals surface area contributed by atoms with Crippen molar-refractivity contribution in [1.29, 1.82) is 0 Å². The SMILES string of the molecule is Cc1nn(Cc2ccc(C(=O)Nc3cc(Cl)cc(Cl)c3)o2)c(C)c1Br. The van der Waals surface area contributed by atoms with E-state index >= 15 is 0 Å². The van der Waals surface area contributed by atoms with Gasteiger partial charge < -0.3 is 9.73 Å². The zero-order valence-corrected chi connectivity index (χ0v) is 16.5. The number of halogens is 3. The van der Waals surface area contributed by atoms with Crippen LogP contribution >= 0.6 is 39.1 Å². The van der Waals surface area contributed by atoms with Crippen molar-refractivity contribution in [2.45, 2.75) is 20.4 Å². The van der Waals surface area contributed by atoms with Crippen molar-refractivity contribution < 1.29 is 9.21 Å². The smallest absolute Gasteiger partial charge is 0.291 e. The highest BCUT2D eigenvalue weighted by molar-refractivity contribution is 9.10. The molecule has 3 rings (SSSR count). The standard InChI is InChI=1S/C17H14BrCl2N3O2/c1-9-16(18)10(2)23(22-9)8-14-3-4-15(25-14)17(24)21-13-6-11(19)5-12(20)7-13/h3-7H,8H2,1-2H3,(H,21,24). The van der Waals surface area contributed by atoms with E-state index in [2.05, 4.69) is 26.3 Å². The zero-order chi connectivity index (χ0) is 18.1. The third-order valence-corrected chi connectivity index (χ3v) is 5.19. The van der Waals surface area contributed by atoms with Gasteiger partial charge in [0.05, 0.1) is 22.4 Å². The summed E-state index contributed by atoms with van der Waals surface area (Å²) in [6.07, 6.45) is 0. The predicted molar refractivity (Wildman–Crippen MR) is 102 cm³/mol. The lowest BCUT2D eigenvalue weighted by Crippen LogP contribution is -2.11. The summed E-state index contributed by atoms with van der Waals surface area (Å²) in [7, 11) is 0. The van der Waals surface area contributed by atoms with Crippen LogP contribution in [0.4, 0.5) is 5.69 Å². The van der Waals surface area contributed by atoms with Crippen molar-refractivity contribution in [3.05, 3.63) is 67.8 Å². The molecule has 0 aliphatic rings. The molecule has 1 N–H and O–H groups in total. The van der Waals surface area contributed by atoms with Crippen LogP contribution < -0.4 is 5.32 Å². The Bertz CT molecular complexity index is 929. The molecule has 0 bridgehead atoms. The molecular weight excluding hydrogens is 429 g/mol. The van der Waals surface area contributed by atoms with E-state index in [9.17, 15) is 4.79 Å². The molecule has 0 unspecified atom stereocenters. The second kappa shape index (κ2) is 7.23. The van der Waals surface area contributed by atoms with Crippen LogP contribution in [-0.4, -0.2) is 15.7 Å². The average Bonchev–Trinajstić information content (AvgIpc) is 3.08. The van der Waals surface area contributed by atoms with Gasteiger partial charge in [0.1, 0.15) is 5.76 Å². The van der Waals surface area contributed by atoms with Gasteiger partial charge in [-0.25, -0.2) is 0 Å². The molecule has 0 atom stereocenters. The number of furan rings is 1. The van der Waals surface area contributed by atoms with E-state index in [-0.39, 0.29) is 11.7 Å². The van der Waals surface area contributed by atoms with Crippen molar-refractivity contribution in [3.63, 3.8) is 0 Å². The summed E-state index contributed by atoms with van der Waals surface area (Å²) >= 11 is 15.4. The number of rotatable bonds is 4.